The number of aromatic nitrogens is 3. The summed E-state index contributed by atoms with van der Waals surface area (Å²) in [6, 6.07) is 1.24. The first kappa shape index (κ1) is 22.2. The number of hydrogen-bond donors (Lipinski definition) is 1. The number of fused-ring (bicyclic) bond motifs is 1. The second-order valence-electron chi connectivity index (χ2n) is 7.18. The number of esters is 3. The first-order valence-electron chi connectivity index (χ1n) is 9.31. The number of rotatable bonds is 5. The van der Waals surface area contributed by atoms with Gasteiger partial charge in [-0.2, -0.15) is 0 Å². The number of carbonyl (C=O) groups is 3. The number of ether oxygens (including phenoxy) is 4. The van der Waals surface area contributed by atoms with Crippen molar-refractivity contribution in [1.29, 1.82) is 0 Å². The van der Waals surface area contributed by atoms with E-state index < -0.39 is 47.4 Å². The maximum atomic E-state index is 12.3. The van der Waals surface area contributed by atoms with Crippen LogP contribution in [0, 0.1) is 0 Å². The third kappa shape index (κ3) is 4.19. The van der Waals surface area contributed by atoms with E-state index in [-0.39, 0.29) is 23.5 Å². The van der Waals surface area contributed by atoms with Crippen LogP contribution in [0.4, 0.5) is 5.82 Å². The second-order valence-corrected chi connectivity index (χ2v) is 7.18. The van der Waals surface area contributed by atoms with Crippen LogP contribution in [0.15, 0.2) is 23.4 Å². The molecule has 0 saturated carbocycles. The lowest BCUT2D eigenvalue weighted by Crippen LogP contribution is -2.50. The summed E-state index contributed by atoms with van der Waals surface area (Å²) in [5.74, 6) is -1.93. The lowest BCUT2D eigenvalue weighted by molar-refractivity contribution is -0.184. The number of carbonyl (C=O) groups excluding carboxylic acids is 3. The Bertz CT molecular complexity index is 1100. The molecule has 1 fully saturated rings. The van der Waals surface area contributed by atoms with Crippen molar-refractivity contribution in [2.45, 2.75) is 51.7 Å². The topological polar surface area (TPSA) is 162 Å². The van der Waals surface area contributed by atoms with Crippen LogP contribution in [0.25, 0.3) is 11.0 Å². The summed E-state index contributed by atoms with van der Waals surface area (Å²) in [6.07, 6.45) is -0.657. The van der Waals surface area contributed by atoms with Crippen molar-refractivity contribution in [2.24, 2.45) is 0 Å². The third-order valence-electron chi connectivity index (χ3n) is 4.79. The molecule has 2 aromatic rings. The zero-order valence-electron chi connectivity index (χ0n) is 17.4. The van der Waals surface area contributed by atoms with Gasteiger partial charge in [-0.05, 0) is 6.92 Å². The Hall–Kier alpha value is -3.54. The summed E-state index contributed by atoms with van der Waals surface area (Å²) >= 11 is 0. The van der Waals surface area contributed by atoms with Crippen LogP contribution in [0.3, 0.4) is 0 Å². The van der Waals surface area contributed by atoms with E-state index in [4.69, 9.17) is 24.7 Å². The van der Waals surface area contributed by atoms with Gasteiger partial charge in [0.25, 0.3) is 0 Å². The molecule has 12 nitrogen and oxygen atoms in total. The van der Waals surface area contributed by atoms with Crippen LogP contribution in [0.5, 0.6) is 0 Å². The molecule has 1 saturated heterocycles. The van der Waals surface area contributed by atoms with Gasteiger partial charge in [-0.3, -0.25) is 19.2 Å². The zero-order valence-corrected chi connectivity index (χ0v) is 17.4. The van der Waals surface area contributed by atoms with Gasteiger partial charge in [0.15, 0.2) is 29.0 Å². The molecule has 1 aliphatic rings. The van der Waals surface area contributed by atoms with Crippen LogP contribution >= 0.6 is 0 Å². The molecular formula is C19H22N4O8. The molecule has 0 aromatic carbocycles. The third-order valence-corrected chi connectivity index (χ3v) is 4.79. The van der Waals surface area contributed by atoms with Crippen LogP contribution in [-0.2, 0) is 33.3 Å². The van der Waals surface area contributed by atoms with Crippen molar-refractivity contribution in [2.75, 3.05) is 12.3 Å². The van der Waals surface area contributed by atoms with Crippen LogP contribution < -0.4 is 11.2 Å². The molecule has 0 bridgehead atoms. The molecule has 166 valence electrons. The zero-order chi connectivity index (χ0) is 22.9. The van der Waals surface area contributed by atoms with E-state index in [9.17, 15) is 19.2 Å². The van der Waals surface area contributed by atoms with Gasteiger partial charge in [0.05, 0.1) is 0 Å². The van der Waals surface area contributed by atoms with Crippen molar-refractivity contribution in [1.82, 2.24) is 14.5 Å². The quantitative estimate of drug-likeness (QED) is 0.501. The minimum absolute atomic E-state index is 0.0375. The maximum Gasteiger partial charge on any atom is 0.303 e. The molecule has 0 spiro atoms. The molecule has 0 unspecified atom stereocenters. The number of nitrogens with two attached hydrogens (primary N) is 1. The average molecular weight is 434 g/mol. The summed E-state index contributed by atoms with van der Waals surface area (Å²) in [7, 11) is 0. The van der Waals surface area contributed by atoms with Crippen molar-refractivity contribution in [3.8, 4) is 0 Å². The van der Waals surface area contributed by atoms with Gasteiger partial charge < -0.3 is 29.2 Å². The Morgan fingerprint density at radius 2 is 1.90 bits per heavy atom. The summed E-state index contributed by atoms with van der Waals surface area (Å²) in [5.41, 5.74) is 4.00. The van der Waals surface area contributed by atoms with E-state index >= 15 is 0 Å². The van der Waals surface area contributed by atoms with Gasteiger partial charge in [0.1, 0.15) is 30.2 Å². The van der Waals surface area contributed by atoms with E-state index in [1.54, 1.807) is 0 Å². The van der Waals surface area contributed by atoms with Gasteiger partial charge in [-0.1, -0.05) is 0 Å². The molecule has 2 aromatic heterocycles. The van der Waals surface area contributed by atoms with E-state index in [1.807, 2.05) is 0 Å². The Morgan fingerprint density at radius 3 is 2.52 bits per heavy atom. The van der Waals surface area contributed by atoms with Gasteiger partial charge in [-0.15, -0.1) is 0 Å². The summed E-state index contributed by atoms with van der Waals surface area (Å²) in [5, 5.41) is 0.0475. The van der Waals surface area contributed by atoms with Crippen molar-refractivity contribution in [3.05, 3.63) is 28.8 Å². The Labute approximate surface area is 176 Å². The molecule has 31 heavy (non-hydrogen) atoms. The number of nitrogen functional groups attached to an aromatic ring is 1. The second kappa shape index (κ2) is 8.30. The highest BCUT2D eigenvalue weighted by Crippen LogP contribution is 2.44. The fourth-order valence-electron chi connectivity index (χ4n) is 3.65. The fraction of sp³-hybridized carbons (Fsp3) is 0.474. The van der Waals surface area contributed by atoms with Gasteiger partial charge in [0.2, 0.25) is 0 Å². The molecule has 4 atom stereocenters. The van der Waals surface area contributed by atoms with Crippen molar-refractivity contribution in [3.63, 3.8) is 0 Å². The first-order valence-corrected chi connectivity index (χ1v) is 9.31. The van der Waals surface area contributed by atoms with E-state index in [2.05, 4.69) is 9.97 Å². The molecule has 12 heteroatoms. The number of hydrogen-bond acceptors (Lipinski definition) is 11. The van der Waals surface area contributed by atoms with E-state index in [1.165, 1.54) is 50.9 Å². The van der Waals surface area contributed by atoms with Crippen molar-refractivity contribution >= 4 is 34.8 Å². The number of pyridine rings is 1. The lowest BCUT2D eigenvalue weighted by Gasteiger charge is -2.34. The summed E-state index contributed by atoms with van der Waals surface area (Å²) in [4.78, 5) is 55.4. The van der Waals surface area contributed by atoms with Crippen molar-refractivity contribution < 1.29 is 33.3 Å². The molecule has 3 heterocycles. The van der Waals surface area contributed by atoms with Gasteiger partial charge in [0, 0.05) is 33.0 Å². The number of nitrogens with zero attached hydrogens (tertiary/aromatic N) is 3. The monoisotopic (exact) mass is 434 g/mol. The molecule has 3 rings (SSSR count). The van der Waals surface area contributed by atoms with Gasteiger partial charge >= 0.3 is 17.9 Å². The highest BCUT2D eigenvalue weighted by molar-refractivity contribution is 5.85. The molecule has 0 aliphatic carbocycles. The minimum Gasteiger partial charge on any atom is -0.463 e. The predicted octanol–water partition coefficient (Wildman–Crippen LogP) is 0.0877. The van der Waals surface area contributed by atoms with E-state index in [0.29, 0.717) is 0 Å². The largest absolute Gasteiger partial charge is 0.463 e. The van der Waals surface area contributed by atoms with E-state index in [0.717, 1.165) is 0 Å². The first-order chi connectivity index (χ1) is 14.5. The standard InChI is InChI=1S/C19H22N4O8/c1-9(24)28-7-13-15(29-10(2)25)19(4,31-11(3)26)18(30-13)23-6-5-12(27)14-16(20)21-8-22-17(14)23/h5-6,8,13,15,18H,7H2,1-4H3,(H2,20,21,22)/t13-,15-,18-,19-/m1/s1. The van der Waals surface area contributed by atoms with Crippen LogP contribution in [0.2, 0.25) is 0 Å². The lowest BCUT2D eigenvalue weighted by atomic mass is 9.95. The predicted molar refractivity (Wildman–Crippen MR) is 104 cm³/mol. The smallest absolute Gasteiger partial charge is 0.303 e. The van der Waals surface area contributed by atoms with Crippen LogP contribution in [-0.4, -0.2) is 56.9 Å². The average Bonchev–Trinajstić information content (AvgIpc) is 2.91. The normalized spacial score (nSPS) is 25.2. The molecule has 1 aliphatic heterocycles. The molecule has 2 N–H and O–H groups in total. The fourth-order valence-corrected chi connectivity index (χ4v) is 3.65. The minimum atomic E-state index is -1.57. The van der Waals surface area contributed by atoms with Crippen LogP contribution in [0.1, 0.15) is 33.9 Å². The molecule has 0 amide bonds. The molecule has 0 radical (unpaired) electrons. The Kier molecular flexibility index (Phi) is 5.93. The van der Waals surface area contributed by atoms with Gasteiger partial charge in [-0.25, -0.2) is 9.97 Å². The highest BCUT2D eigenvalue weighted by atomic mass is 16.7. The summed E-state index contributed by atoms with van der Waals surface area (Å²) in [6.45, 7) is 4.83. The number of anilines is 1. The molecular weight excluding hydrogens is 412 g/mol. The Morgan fingerprint density at radius 1 is 1.19 bits per heavy atom. The summed E-state index contributed by atoms with van der Waals surface area (Å²) < 4.78 is 23.5. The SMILES string of the molecule is CC(=O)OC[C@H]1O[C@@H](n2ccc(=O)c3c(N)ncnc32)[C@](C)(OC(C)=O)[C@@H]1OC(C)=O. The Balaban J connectivity index is 2.18. The highest BCUT2D eigenvalue weighted by Gasteiger charge is 2.60. The maximum absolute atomic E-state index is 12.3.